The van der Waals surface area contributed by atoms with Crippen molar-refractivity contribution in [2.45, 2.75) is 13.8 Å². The summed E-state index contributed by atoms with van der Waals surface area (Å²) in [6, 6.07) is 15.6. The first-order valence-corrected chi connectivity index (χ1v) is 9.62. The van der Waals surface area contributed by atoms with E-state index in [1.807, 2.05) is 19.1 Å². The molecular weight excluding hydrogens is 404 g/mol. The summed E-state index contributed by atoms with van der Waals surface area (Å²) in [5.41, 5.74) is 1.97. The number of amides is 2. The molecule has 0 fully saturated rings. The molecule has 0 atom stereocenters. The lowest BCUT2D eigenvalue weighted by molar-refractivity contribution is -0.116. The van der Waals surface area contributed by atoms with Gasteiger partial charge in [-0.15, -0.1) is 0 Å². The number of hydrogen-bond acceptors (Lipinski definition) is 4. The van der Waals surface area contributed by atoms with Crippen LogP contribution in [0.2, 0.25) is 5.02 Å². The Morgan fingerprint density at radius 3 is 2.43 bits per heavy atom. The van der Waals surface area contributed by atoms with E-state index in [2.05, 4.69) is 10.4 Å². The van der Waals surface area contributed by atoms with Crippen LogP contribution in [-0.2, 0) is 4.79 Å². The van der Waals surface area contributed by atoms with Crippen LogP contribution in [0.5, 0.6) is 0 Å². The Morgan fingerprint density at radius 1 is 1.10 bits per heavy atom. The Kier molecular flexibility index (Phi) is 6.32. The number of carbonyl (C=O) groups excluding carboxylic acids is 2. The Bertz CT molecular complexity index is 1160. The van der Waals surface area contributed by atoms with Crippen molar-refractivity contribution in [1.29, 1.82) is 0 Å². The Balaban J connectivity index is 1.81. The first kappa shape index (κ1) is 21.3. The van der Waals surface area contributed by atoms with Gasteiger partial charge in [-0.3, -0.25) is 14.4 Å². The van der Waals surface area contributed by atoms with Gasteiger partial charge in [0.1, 0.15) is 0 Å². The summed E-state index contributed by atoms with van der Waals surface area (Å²) in [7, 11) is 1.44. The van der Waals surface area contributed by atoms with E-state index in [1.54, 1.807) is 43.3 Å². The summed E-state index contributed by atoms with van der Waals surface area (Å²) in [4.78, 5) is 38.7. The van der Waals surface area contributed by atoms with Crippen molar-refractivity contribution in [1.82, 2.24) is 14.7 Å². The van der Waals surface area contributed by atoms with Crippen molar-refractivity contribution < 1.29 is 9.59 Å². The van der Waals surface area contributed by atoms with E-state index >= 15 is 0 Å². The van der Waals surface area contributed by atoms with Gasteiger partial charge in [0.05, 0.1) is 17.3 Å². The minimum Gasteiger partial charge on any atom is -0.331 e. The third kappa shape index (κ3) is 4.75. The molecule has 8 heteroatoms. The number of para-hydroxylation sites is 1. The van der Waals surface area contributed by atoms with E-state index in [-0.39, 0.29) is 18.1 Å². The number of rotatable bonds is 5. The molecule has 3 aromatic rings. The van der Waals surface area contributed by atoms with Crippen LogP contribution < -0.4 is 10.7 Å². The van der Waals surface area contributed by atoms with Gasteiger partial charge in [-0.2, -0.15) is 5.10 Å². The maximum atomic E-state index is 12.8. The number of benzene rings is 2. The van der Waals surface area contributed by atoms with E-state index in [1.165, 1.54) is 17.8 Å². The molecule has 0 bridgehead atoms. The van der Waals surface area contributed by atoms with Crippen LogP contribution in [0.4, 0.5) is 5.69 Å². The Morgan fingerprint density at radius 2 is 1.77 bits per heavy atom. The molecule has 3 rings (SSSR count). The summed E-state index contributed by atoms with van der Waals surface area (Å²) in [6.07, 6.45) is 0. The van der Waals surface area contributed by atoms with Crippen molar-refractivity contribution in [3.8, 4) is 5.69 Å². The molecule has 0 spiro atoms. The van der Waals surface area contributed by atoms with E-state index in [0.717, 1.165) is 10.5 Å². The number of aromatic nitrogens is 2. The van der Waals surface area contributed by atoms with Crippen molar-refractivity contribution in [2.24, 2.45) is 0 Å². The van der Waals surface area contributed by atoms with E-state index in [9.17, 15) is 14.4 Å². The summed E-state index contributed by atoms with van der Waals surface area (Å²) in [5.74, 6) is -1.03. The highest BCUT2D eigenvalue weighted by molar-refractivity contribution is 6.32. The molecule has 1 aromatic heterocycles. The highest BCUT2D eigenvalue weighted by Gasteiger charge is 2.21. The zero-order valence-electron chi connectivity index (χ0n) is 16.8. The maximum absolute atomic E-state index is 12.8. The zero-order chi connectivity index (χ0) is 21.8. The standard InChI is InChI=1S/C22H21ClN4O3/c1-14-8-10-16(11-9-14)24-20(29)13-26(3)22(30)21-19(28)12-15(2)27(25-21)18-7-5-4-6-17(18)23/h4-12H,13H2,1-3H3,(H,24,29). The van der Waals surface area contributed by atoms with Crippen LogP contribution in [0.25, 0.3) is 5.69 Å². The molecule has 2 amide bonds. The molecule has 1 N–H and O–H groups in total. The average molecular weight is 425 g/mol. The van der Waals surface area contributed by atoms with Crippen LogP contribution in [0.15, 0.2) is 59.4 Å². The van der Waals surface area contributed by atoms with E-state index in [4.69, 9.17) is 11.6 Å². The average Bonchev–Trinajstić information content (AvgIpc) is 2.70. The fraction of sp³-hybridized carbons (Fsp3) is 0.182. The number of aryl methyl sites for hydroxylation is 2. The fourth-order valence-electron chi connectivity index (χ4n) is 2.87. The number of nitrogens with zero attached hydrogens (tertiary/aromatic N) is 3. The molecule has 30 heavy (non-hydrogen) atoms. The lowest BCUT2D eigenvalue weighted by atomic mass is 10.2. The molecule has 0 aliphatic heterocycles. The SMILES string of the molecule is Cc1ccc(NC(=O)CN(C)C(=O)c2nn(-c3ccccc3Cl)c(C)cc2=O)cc1. The third-order valence-corrected chi connectivity index (χ3v) is 4.77. The summed E-state index contributed by atoms with van der Waals surface area (Å²) in [6.45, 7) is 3.42. The number of halogens is 1. The van der Waals surface area contributed by atoms with Gasteiger partial charge in [0.15, 0.2) is 5.69 Å². The molecule has 0 saturated carbocycles. The van der Waals surface area contributed by atoms with Crippen molar-refractivity contribution in [3.05, 3.63) is 86.8 Å². The maximum Gasteiger partial charge on any atom is 0.278 e. The fourth-order valence-corrected chi connectivity index (χ4v) is 3.08. The van der Waals surface area contributed by atoms with Crippen molar-refractivity contribution in [3.63, 3.8) is 0 Å². The topological polar surface area (TPSA) is 84.3 Å². The number of anilines is 1. The van der Waals surface area contributed by atoms with Crippen LogP contribution in [0.3, 0.4) is 0 Å². The molecule has 0 aliphatic carbocycles. The van der Waals surface area contributed by atoms with E-state index < -0.39 is 11.3 Å². The van der Waals surface area contributed by atoms with Crippen LogP contribution in [0, 0.1) is 13.8 Å². The molecule has 2 aromatic carbocycles. The largest absolute Gasteiger partial charge is 0.331 e. The minimum atomic E-state index is -0.653. The Labute approximate surface area is 178 Å². The molecule has 0 unspecified atom stereocenters. The molecule has 0 radical (unpaired) electrons. The first-order valence-electron chi connectivity index (χ1n) is 9.24. The Hall–Kier alpha value is -3.45. The van der Waals surface area contributed by atoms with Crippen molar-refractivity contribution >= 4 is 29.1 Å². The second kappa shape index (κ2) is 8.92. The van der Waals surface area contributed by atoms with Gasteiger partial charge in [0.25, 0.3) is 5.91 Å². The second-order valence-electron chi connectivity index (χ2n) is 6.94. The highest BCUT2D eigenvalue weighted by atomic mass is 35.5. The van der Waals surface area contributed by atoms with Gasteiger partial charge < -0.3 is 10.2 Å². The van der Waals surface area contributed by atoms with Crippen molar-refractivity contribution in [2.75, 3.05) is 18.9 Å². The molecular formula is C22H21ClN4O3. The van der Waals surface area contributed by atoms with Crippen LogP contribution in [0.1, 0.15) is 21.7 Å². The summed E-state index contributed by atoms with van der Waals surface area (Å²) in [5, 5.41) is 7.37. The number of hydrogen-bond donors (Lipinski definition) is 1. The first-order chi connectivity index (χ1) is 14.3. The molecule has 7 nitrogen and oxygen atoms in total. The molecule has 154 valence electrons. The van der Waals surface area contributed by atoms with Crippen LogP contribution in [-0.4, -0.2) is 40.1 Å². The van der Waals surface area contributed by atoms with Gasteiger partial charge >= 0.3 is 0 Å². The van der Waals surface area contributed by atoms with Gasteiger partial charge in [-0.05, 0) is 38.1 Å². The lowest BCUT2D eigenvalue weighted by Crippen LogP contribution is -2.38. The predicted octanol–water partition coefficient (Wildman–Crippen LogP) is 3.21. The normalized spacial score (nSPS) is 10.5. The van der Waals surface area contributed by atoms with Gasteiger partial charge in [-0.25, -0.2) is 4.68 Å². The van der Waals surface area contributed by atoms with Crippen LogP contribution >= 0.6 is 11.6 Å². The van der Waals surface area contributed by atoms with Gasteiger partial charge in [0, 0.05) is 24.5 Å². The van der Waals surface area contributed by atoms with Gasteiger partial charge in [0.2, 0.25) is 11.3 Å². The zero-order valence-corrected chi connectivity index (χ0v) is 17.6. The smallest absolute Gasteiger partial charge is 0.278 e. The quantitative estimate of drug-likeness (QED) is 0.681. The minimum absolute atomic E-state index is 0.228. The van der Waals surface area contributed by atoms with Gasteiger partial charge in [-0.1, -0.05) is 41.4 Å². The molecule has 0 saturated heterocycles. The lowest BCUT2D eigenvalue weighted by Gasteiger charge is -2.18. The monoisotopic (exact) mass is 424 g/mol. The number of likely N-dealkylation sites (N-methyl/N-ethyl adjacent to an activating group) is 1. The summed E-state index contributed by atoms with van der Waals surface area (Å²) < 4.78 is 1.44. The second-order valence-corrected chi connectivity index (χ2v) is 7.34. The van der Waals surface area contributed by atoms with E-state index in [0.29, 0.717) is 22.1 Å². The third-order valence-electron chi connectivity index (χ3n) is 4.45. The molecule has 0 aliphatic rings. The number of nitrogens with one attached hydrogen (secondary N) is 1. The highest BCUT2D eigenvalue weighted by Crippen LogP contribution is 2.20. The molecule has 1 heterocycles. The number of carbonyl (C=O) groups is 2. The summed E-state index contributed by atoms with van der Waals surface area (Å²) >= 11 is 6.23. The predicted molar refractivity (Wildman–Crippen MR) is 116 cm³/mol.